The standard InChI is InChI=1S/C18H21N7OS/c26-8-10-5-15(24-23-10)20-16-14-1-2-27-17(14)22-18(21-16)19-9-3-11-6-13-7-12(4-9)25(11)13/h1-2,5,9,11-13,26H,3-4,6-8H2,(H3,19,20,21,22,23,24)/t9-,11+,12-,13?. The van der Waals surface area contributed by atoms with E-state index in [-0.39, 0.29) is 6.61 Å². The molecule has 3 aliphatic rings. The Hall–Kier alpha value is -2.23. The minimum Gasteiger partial charge on any atom is -0.390 e. The number of aliphatic hydroxyl groups excluding tert-OH is 1. The molecule has 140 valence electrons. The number of nitrogens with zero attached hydrogens (tertiary/aromatic N) is 4. The number of aromatic amines is 1. The van der Waals surface area contributed by atoms with Crippen LogP contribution in [0.4, 0.5) is 17.6 Å². The molecule has 0 aromatic carbocycles. The van der Waals surface area contributed by atoms with Crippen LogP contribution < -0.4 is 10.6 Å². The van der Waals surface area contributed by atoms with Crippen LogP contribution >= 0.6 is 11.3 Å². The first-order valence-corrected chi connectivity index (χ1v) is 10.4. The Kier molecular flexibility index (Phi) is 3.44. The number of fused-ring (bicyclic) bond motifs is 1. The van der Waals surface area contributed by atoms with E-state index in [1.807, 2.05) is 11.4 Å². The third kappa shape index (κ3) is 2.53. The van der Waals surface area contributed by atoms with Gasteiger partial charge in [0.25, 0.3) is 0 Å². The first kappa shape index (κ1) is 15.8. The van der Waals surface area contributed by atoms with Gasteiger partial charge >= 0.3 is 0 Å². The highest BCUT2D eigenvalue weighted by atomic mass is 32.1. The van der Waals surface area contributed by atoms with E-state index in [9.17, 15) is 5.11 Å². The molecule has 4 atom stereocenters. The summed E-state index contributed by atoms with van der Waals surface area (Å²) in [4.78, 5) is 13.1. The zero-order chi connectivity index (χ0) is 18.0. The second-order valence-electron chi connectivity index (χ2n) is 7.79. The fourth-order valence-electron chi connectivity index (χ4n) is 4.96. The Morgan fingerprint density at radius 2 is 2.00 bits per heavy atom. The summed E-state index contributed by atoms with van der Waals surface area (Å²) in [6.07, 6.45) is 5.08. The van der Waals surface area contributed by atoms with Gasteiger partial charge in [-0.3, -0.25) is 10.00 Å². The Morgan fingerprint density at radius 1 is 1.19 bits per heavy atom. The third-order valence-corrected chi connectivity index (χ3v) is 6.98. The van der Waals surface area contributed by atoms with Crippen molar-refractivity contribution < 1.29 is 5.11 Å². The molecule has 27 heavy (non-hydrogen) atoms. The lowest BCUT2D eigenvalue weighted by Crippen LogP contribution is -2.73. The van der Waals surface area contributed by atoms with E-state index in [0.29, 0.717) is 23.5 Å². The van der Waals surface area contributed by atoms with Gasteiger partial charge in [0.1, 0.15) is 10.6 Å². The van der Waals surface area contributed by atoms with Crippen LogP contribution in [0, 0.1) is 0 Å². The van der Waals surface area contributed by atoms with Gasteiger partial charge in [-0.05, 0) is 37.1 Å². The molecule has 3 aliphatic heterocycles. The largest absolute Gasteiger partial charge is 0.390 e. The van der Waals surface area contributed by atoms with Gasteiger partial charge in [0.05, 0.1) is 17.7 Å². The van der Waals surface area contributed by atoms with E-state index >= 15 is 0 Å². The van der Waals surface area contributed by atoms with E-state index in [0.717, 1.165) is 34.2 Å². The molecular formula is C18H21N7OS. The van der Waals surface area contributed by atoms with Crippen LogP contribution in [0.3, 0.4) is 0 Å². The normalized spacial score (nSPS) is 29.1. The van der Waals surface area contributed by atoms with Crippen LogP contribution in [0.15, 0.2) is 17.5 Å². The lowest BCUT2D eigenvalue weighted by atomic mass is 9.68. The monoisotopic (exact) mass is 383 g/mol. The van der Waals surface area contributed by atoms with Crippen molar-refractivity contribution in [3.05, 3.63) is 23.2 Å². The number of nitrogens with one attached hydrogen (secondary N) is 3. The molecule has 0 spiro atoms. The molecule has 0 radical (unpaired) electrons. The molecule has 6 heterocycles. The number of thiophene rings is 1. The Morgan fingerprint density at radius 3 is 2.74 bits per heavy atom. The fraction of sp³-hybridized carbons (Fsp3) is 0.500. The van der Waals surface area contributed by atoms with Crippen LogP contribution in [-0.4, -0.2) is 54.3 Å². The smallest absolute Gasteiger partial charge is 0.226 e. The summed E-state index contributed by atoms with van der Waals surface area (Å²) in [5.41, 5.74) is 0.664. The van der Waals surface area contributed by atoms with E-state index < -0.39 is 0 Å². The van der Waals surface area contributed by atoms with Gasteiger partial charge < -0.3 is 15.7 Å². The maximum atomic E-state index is 9.22. The second-order valence-corrected chi connectivity index (χ2v) is 8.68. The molecule has 4 N–H and O–H groups in total. The van der Waals surface area contributed by atoms with E-state index in [1.165, 1.54) is 25.7 Å². The highest BCUT2D eigenvalue weighted by molar-refractivity contribution is 7.16. The Balaban J connectivity index is 1.26. The number of aliphatic hydroxyl groups is 1. The van der Waals surface area contributed by atoms with Crippen LogP contribution in [-0.2, 0) is 6.61 Å². The number of hydrogen-bond donors (Lipinski definition) is 4. The minimum atomic E-state index is -0.0684. The predicted molar refractivity (Wildman–Crippen MR) is 104 cm³/mol. The summed E-state index contributed by atoms with van der Waals surface area (Å²) in [6.45, 7) is -0.0684. The zero-order valence-corrected chi connectivity index (χ0v) is 15.5. The fourth-order valence-corrected chi connectivity index (χ4v) is 5.73. The van der Waals surface area contributed by atoms with E-state index in [1.54, 1.807) is 17.4 Å². The maximum absolute atomic E-state index is 9.22. The summed E-state index contributed by atoms with van der Waals surface area (Å²) in [6, 6.07) is 6.63. The number of anilines is 3. The summed E-state index contributed by atoms with van der Waals surface area (Å²) < 4.78 is 0. The topological polar surface area (TPSA) is 102 Å². The van der Waals surface area contributed by atoms with Gasteiger partial charge in [-0.15, -0.1) is 11.3 Å². The van der Waals surface area contributed by atoms with Crippen LogP contribution in [0.1, 0.15) is 31.4 Å². The molecule has 3 aromatic heterocycles. The van der Waals surface area contributed by atoms with Gasteiger partial charge in [-0.1, -0.05) is 0 Å². The highest BCUT2D eigenvalue weighted by Gasteiger charge is 2.54. The molecule has 6 rings (SSSR count). The molecule has 8 nitrogen and oxygen atoms in total. The second kappa shape index (κ2) is 5.88. The van der Waals surface area contributed by atoms with E-state index in [2.05, 4.69) is 25.7 Å². The molecule has 3 saturated heterocycles. The molecule has 3 fully saturated rings. The van der Waals surface area contributed by atoms with Gasteiger partial charge in [0, 0.05) is 30.2 Å². The van der Waals surface area contributed by atoms with Gasteiger partial charge in [0.2, 0.25) is 5.95 Å². The molecule has 3 aromatic rings. The Bertz CT molecular complexity index is 985. The van der Waals surface area contributed by atoms with Crippen LogP contribution in [0.2, 0.25) is 0 Å². The lowest BCUT2D eigenvalue weighted by molar-refractivity contribution is -0.146. The van der Waals surface area contributed by atoms with E-state index in [4.69, 9.17) is 9.97 Å². The predicted octanol–water partition coefficient (Wildman–Crippen LogP) is 2.44. The van der Waals surface area contributed by atoms with Crippen LogP contribution in [0.25, 0.3) is 10.2 Å². The van der Waals surface area contributed by atoms with Gasteiger partial charge in [-0.25, -0.2) is 4.98 Å². The average Bonchev–Trinajstić information content (AvgIpc) is 3.26. The van der Waals surface area contributed by atoms with Crippen LogP contribution in [0.5, 0.6) is 0 Å². The molecule has 0 saturated carbocycles. The average molecular weight is 383 g/mol. The highest BCUT2D eigenvalue weighted by Crippen LogP contribution is 2.48. The minimum absolute atomic E-state index is 0.0684. The van der Waals surface area contributed by atoms with Gasteiger partial charge in [-0.2, -0.15) is 10.1 Å². The summed E-state index contributed by atoms with van der Waals surface area (Å²) in [7, 11) is 0. The van der Waals surface area contributed by atoms with Crippen molar-refractivity contribution >= 4 is 39.1 Å². The third-order valence-electron chi connectivity index (χ3n) is 6.17. The first-order chi connectivity index (χ1) is 13.3. The number of rotatable bonds is 5. The molecule has 0 aliphatic carbocycles. The van der Waals surface area contributed by atoms with Crippen molar-refractivity contribution in [1.82, 2.24) is 25.1 Å². The number of H-pyrrole nitrogens is 1. The number of piperidine rings is 2. The molecule has 9 heteroatoms. The molecule has 1 unspecified atom stereocenters. The van der Waals surface area contributed by atoms with Crippen molar-refractivity contribution in [2.75, 3.05) is 10.6 Å². The maximum Gasteiger partial charge on any atom is 0.226 e. The van der Waals surface area contributed by atoms with Crippen molar-refractivity contribution in [3.63, 3.8) is 0 Å². The molecular weight excluding hydrogens is 362 g/mol. The van der Waals surface area contributed by atoms with Crippen molar-refractivity contribution in [2.24, 2.45) is 0 Å². The van der Waals surface area contributed by atoms with Gasteiger partial charge in [0.15, 0.2) is 5.82 Å². The lowest BCUT2D eigenvalue weighted by Gasteiger charge is -2.66. The summed E-state index contributed by atoms with van der Waals surface area (Å²) in [5.74, 6) is 2.06. The van der Waals surface area contributed by atoms with Crippen molar-refractivity contribution in [2.45, 2.75) is 56.5 Å². The summed E-state index contributed by atoms with van der Waals surface area (Å²) in [5, 5.41) is 26.1. The molecule has 0 bridgehead atoms. The zero-order valence-electron chi connectivity index (χ0n) is 14.7. The first-order valence-electron chi connectivity index (χ1n) is 9.48. The quantitative estimate of drug-likeness (QED) is 0.537. The van der Waals surface area contributed by atoms with Crippen molar-refractivity contribution in [1.29, 1.82) is 0 Å². The molecule has 0 amide bonds. The Labute approximate surface area is 160 Å². The number of hydrogen-bond acceptors (Lipinski definition) is 8. The SMILES string of the molecule is OCc1cc(Nc2nc(N[C@@H]3C[C@H]4CC5C[C@@H](C3)N54)nc3sccc23)n[nH]1. The van der Waals surface area contributed by atoms with Crippen molar-refractivity contribution in [3.8, 4) is 0 Å². The summed E-state index contributed by atoms with van der Waals surface area (Å²) >= 11 is 1.61. The number of aromatic nitrogens is 4.